The lowest BCUT2D eigenvalue weighted by Gasteiger charge is -2.39. The number of hydrogen-bond donors (Lipinski definition) is 2. The Balaban J connectivity index is 2.07. The lowest BCUT2D eigenvalue weighted by molar-refractivity contribution is 0.521. The van der Waals surface area contributed by atoms with Gasteiger partial charge >= 0.3 is 0 Å². The van der Waals surface area contributed by atoms with Crippen molar-refractivity contribution in [2.45, 2.75) is 6.04 Å². The molecule has 14 heavy (non-hydrogen) atoms. The molecule has 2 aromatic rings. The van der Waals surface area contributed by atoms with Gasteiger partial charge < -0.3 is 10.6 Å². The molecule has 0 spiro atoms. The molecule has 0 bridgehead atoms. The second-order valence-corrected chi connectivity index (χ2v) is 3.77. The van der Waals surface area contributed by atoms with E-state index in [0.29, 0.717) is 6.04 Å². The minimum absolute atomic E-state index is 0.331. The number of H-pyrrole nitrogens is 1. The van der Waals surface area contributed by atoms with Crippen LogP contribution in [0.2, 0.25) is 0 Å². The average Bonchev–Trinajstić information content (AvgIpc) is 2.60. The van der Waals surface area contributed by atoms with Crippen molar-refractivity contribution in [2.24, 2.45) is 5.73 Å². The molecule has 3 rings (SSSR count). The summed E-state index contributed by atoms with van der Waals surface area (Å²) in [5, 5.41) is 8.19. The largest absolute Gasteiger partial charge is 0.368 e. The van der Waals surface area contributed by atoms with Crippen LogP contribution in [0.5, 0.6) is 0 Å². The fraction of sp³-hybridized carbons (Fsp3) is 0.300. The molecule has 72 valence electrons. The van der Waals surface area contributed by atoms with Crippen molar-refractivity contribution in [1.82, 2.24) is 10.2 Å². The molecule has 4 heteroatoms. The topological polar surface area (TPSA) is 57.9 Å². The van der Waals surface area contributed by atoms with E-state index in [1.54, 1.807) is 0 Å². The third-order valence-corrected chi connectivity index (χ3v) is 2.71. The van der Waals surface area contributed by atoms with Crippen molar-refractivity contribution in [1.29, 1.82) is 0 Å². The van der Waals surface area contributed by atoms with E-state index in [1.165, 1.54) is 11.1 Å². The Morgan fingerprint density at radius 2 is 2.29 bits per heavy atom. The molecule has 1 saturated heterocycles. The summed E-state index contributed by atoms with van der Waals surface area (Å²) in [6, 6.07) is 6.52. The van der Waals surface area contributed by atoms with E-state index in [0.717, 1.165) is 18.6 Å². The Labute approximate surface area is 81.7 Å². The summed E-state index contributed by atoms with van der Waals surface area (Å²) in [5.41, 5.74) is 8.08. The van der Waals surface area contributed by atoms with Crippen molar-refractivity contribution in [2.75, 3.05) is 18.0 Å². The molecular formula is C10H12N4. The first-order chi connectivity index (χ1) is 6.84. The van der Waals surface area contributed by atoms with Crippen LogP contribution in [0, 0.1) is 0 Å². The number of nitrogens with one attached hydrogen (secondary N) is 1. The summed E-state index contributed by atoms with van der Waals surface area (Å²) in [6.07, 6.45) is 1.87. The summed E-state index contributed by atoms with van der Waals surface area (Å²) in [5.74, 6) is 0. The highest BCUT2D eigenvalue weighted by Gasteiger charge is 2.24. The van der Waals surface area contributed by atoms with Crippen LogP contribution in [0.3, 0.4) is 0 Å². The maximum absolute atomic E-state index is 5.76. The molecule has 3 N–H and O–H groups in total. The predicted molar refractivity (Wildman–Crippen MR) is 56.3 cm³/mol. The van der Waals surface area contributed by atoms with Gasteiger partial charge in [-0.15, -0.1) is 0 Å². The fourth-order valence-corrected chi connectivity index (χ4v) is 1.94. The Morgan fingerprint density at radius 3 is 3.07 bits per heavy atom. The zero-order valence-electron chi connectivity index (χ0n) is 7.77. The van der Waals surface area contributed by atoms with Crippen LogP contribution in [0.4, 0.5) is 5.69 Å². The molecular weight excluding hydrogens is 176 g/mol. The average molecular weight is 188 g/mol. The molecule has 4 nitrogen and oxygen atoms in total. The van der Waals surface area contributed by atoms with E-state index in [-0.39, 0.29) is 0 Å². The highest BCUT2D eigenvalue weighted by molar-refractivity contribution is 5.91. The normalized spacial score (nSPS) is 17.4. The lowest BCUT2D eigenvalue weighted by atomic mass is 10.1. The van der Waals surface area contributed by atoms with Gasteiger partial charge in [-0.05, 0) is 12.1 Å². The number of hydrogen-bond acceptors (Lipinski definition) is 3. The number of nitrogens with zero attached hydrogens (tertiary/aromatic N) is 2. The third kappa shape index (κ3) is 1.01. The van der Waals surface area contributed by atoms with E-state index >= 15 is 0 Å². The van der Waals surface area contributed by atoms with Gasteiger partial charge in [-0.2, -0.15) is 5.10 Å². The fourth-order valence-electron chi connectivity index (χ4n) is 1.94. The number of rotatable bonds is 1. The minimum Gasteiger partial charge on any atom is -0.368 e. The van der Waals surface area contributed by atoms with Crippen molar-refractivity contribution in [3.63, 3.8) is 0 Å². The lowest BCUT2D eigenvalue weighted by Crippen LogP contribution is -2.55. The van der Waals surface area contributed by atoms with Gasteiger partial charge in [-0.3, -0.25) is 5.10 Å². The van der Waals surface area contributed by atoms with E-state index in [1.807, 2.05) is 18.3 Å². The van der Waals surface area contributed by atoms with Crippen LogP contribution >= 0.6 is 0 Å². The first kappa shape index (κ1) is 7.82. The summed E-state index contributed by atoms with van der Waals surface area (Å²) in [6.45, 7) is 1.90. The van der Waals surface area contributed by atoms with Crippen molar-refractivity contribution < 1.29 is 0 Å². The standard InChI is InChI=1S/C10H12N4/c11-7-5-14(6-7)10-3-1-2-9-8(10)4-12-13-9/h1-4,7H,5-6,11H2,(H,12,13). The van der Waals surface area contributed by atoms with Crippen LogP contribution in [0.1, 0.15) is 0 Å². The van der Waals surface area contributed by atoms with E-state index in [2.05, 4.69) is 21.2 Å². The highest BCUT2D eigenvalue weighted by Crippen LogP contribution is 2.27. The maximum atomic E-state index is 5.76. The monoisotopic (exact) mass is 188 g/mol. The zero-order valence-corrected chi connectivity index (χ0v) is 7.77. The van der Waals surface area contributed by atoms with E-state index in [4.69, 9.17) is 5.73 Å². The zero-order chi connectivity index (χ0) is 9.54. The second kappa shape index (κ2) is 2.72. The number of aromatic nitrogens is 2. The quantitative estimate of drug-likeness (QED) is 0.693. The first-order valence-corrected chi connectivity index (χ1v) is 4.77. The Morgan fingerprint density at radius 1 is 1.43 bits per heavy atom. The first-order valence-electron chi connectivity index (χ1n) is 4.77. The number of aromatic amines is 1. The molecule has 1 aromatic heterocycles. The van der Waals surface area contributed by atoms with Gasteiger partial charge in [0, 0.05) is 30.2 Å². The molecule has 1 aliphatic heterocycles. The summed E-state index contributed by atoms with van der Waals surface area (Å²) < 4.78 is 0. The van der Waals surface area contributed by atoms with Gasteiger partial charge in [0.2, 0.25) is 0 Å². The van der Waals surface area contributed by atoms with Crippen LogP contribution < -0.4 is 10.6 Å². The molecule has 0 aliphatic carbocycles. The summed E-state index contributed by atoms with van der Waals surface area (Å²) in [7, 11) is 0. The molecule has 1 fully saturated rings. The second-order valence-electron chi connectivity index (χ2n) is 3.77. The summed E-state index contributed by atoms with van der Waals surface area (Å²) >= 11 is 0. The minimum atomic E-state index is 0.331. The van der Waals surface area contributed by atoms with Gasteiger partial charge in [-0.25, -0.2) is 0 Å². The van der Waals surface area contributed by atoms with Crippen LogP contribution in [-0.2, 0) is 0 Å². The SMILES string of the molecule is NC1CN(c2cccc3[nH]ncc23)C1. The van der Waals surface area contributed by atoms with Crippen LogP contribution in [-0.4, -0.2) is 29.3 Å². The van der Waals surface area contributed by atoms with Gasteiger partial charge in [-0.1, -0.05) is 6.07 Å². The van der Waals surface area contributed by atoms with Crippen molar-refractivity contribution in [3.05, 3.63) is 24.4 Å². The molecule has 0 saturated carbocycles. The molecule has 0 radical (unpaired) electrons. The van der Waals surface area contributed by atoms with E-state index < -0.39 is 0 Å². The van der Waals surface area contributed by atoms with Gasteiger partial charge in [0.15, 0.2) is 0 Å². The summed E-state index contributed by atoms with van der Waals surface area (Å²) in [4.78, 5) is 2.28. The molecule has 2 heterocycles. The van der Waals surface area contributed by atoms with E-state index in [9.17, 15) is 0 Å². The smallest absolute Gasteiger partial charge is 0.0671 e. The van der Waals surface area contributed by atoms with Gasteiger partial charge in [0.05, 0.1) is 11.7 Å². The Bertz CT molecular complexity index is 456. The van der Waals surface area contributed by atoms with Crippen LogP contribution in [0.25, 0.3) is 10.9 Å². The highest BCUT2D eigenvalue weighted by atomic mass is 15.2. The number of benzene rings is 1. The predicted octanol–water partition coefficient (Wildman–Crippen LogP) is 0.710. The molecule has 0 unspecified atom stereocenters. The third-order valence-electron chi connectivity index (χ3n) is 2.71. The van der Waals surface area contributed by atoms with Crippen LogP contribution in [0.15, 0.2) is 24.4 Å². The number of nitrogens with two attached hydrogens (primary N) is 1. The molecule has 1 aliphatic rings. The van der Waals surface area contributed by atoms with Crippen molar-refractivity contribution >= 4 is 16.6 Å². The molecule has 0 amide bonds. The molecule has 0 atom stereocenters. The van der Waals surface area contributed by atoms with Gasteiger partial charge in [0.1, 0.15) is 0 Å². The molecule has 1 aromatic carbocycles. The Kier molecular flexibility index (Phi) is 1.52. The van der Waals surface area contributed by atoms with Gasteiger partial charge in [0.25, 0.3) is 0 Å². The maximum Gasteiger partial charge on any atom is 0.0671 e. The number of anilines is 1. The van der Waals surface area contributed by atoms with Crippen molar-refractivity contribution in [3.8, 4) is 0 Å². The Hall–Kier alpha value is -1.55. The number of fused-ring (bicyclic) bond motifs is 1.